The molecule has 1 aliphatic rings. The van der Waals surface area contributed by atoms with E-state index in [9.17, 15) is 0 Å². The van der Waals surface area contributed by atoms with Crippen LogP contribution in [-0.2, 0) is 6.54 Å². The first-order chi connectivity index (χ1) is 7.70. The van der Waals surface area contributed by atoms with Crippen molar-refractivity contribution < 1.29 is 4.52 Å². The van der Waals surface area contributed by atoms with E-state index in [2.05, 4.69) is 22.4 Å². The normalized spacial score (nSPS) is 19.9. The van der Waals surface area contributed by atoms with Crippen LogP contribution in [0, 0.1) is 13.8 Å². The number of nitrogens with one attached hydrogen (secondary N) is 1. The van der Waals surface area contributed by atoms with Gasteiger partial charge >= 0.3 is 0 Å². The van der Waals surface area contributed by atoms with Gasteiger partial charge in [0.2, 0.25) is 0 Å². The first kappa shape index (κ1) is 11.5. The molecule has 1 N–H and O–H groups in total. The van der Waals surface area contributed by atoms with E-state index in [4.69, 9.17) is 4.52 Å². The zero-order chi connectivity index (χ0) is 11.5. The van der Waals surface area contributed by atoms with Crippen molar-refractivity contribution in [3.8, 4) is 0 Å². The molecule has 0 aliphatic carbocycles. The number of amidine groups is 1. The van der Waals surface area contributed by atoms with Crippen molar-refractivity contribution in [2.24, 2.45) is 4.99 Å². The molecule has 0 radical (unpaired) electrons. The Kier molecular flexibility index (Phi) is 3.53. The molecular formula is C11H17N3OS. The van der Waals surface area contributed by atoms with Crippen molar-refractivity contribution in [3.05, 3.63) is 17.0 Å². The first-order valence-corrected chi connectivity index (χ1v) is 6.45. The Hall–Kier alpha value is -0.970. The molecule has 2 heterocycles. The summed E-state index contributed by atoms with van der Waals surface area (Å²) in [6.45, 7) is 7.79. The number of rotatable bonds is 3. The van der Waals surface area contributed by atoms with Crippen LogP contribution < -0.4 is 5.32 Å². The highest BCUT2D eigenvalue weighted by Gasteiger charge is 2.18. The Bertz CT molecular complexity index is 380. The van der Waals surface area contributed by atoms with Crippen LogP contribution in [-0.4, -0.2) is 22.1 Å². The maximum absolute atomic E-state index is 5.12. The van der Waals surface area contributed by atoms with Crippen molar-refractivity contribution in [1.82, 2.24) is 10.5 Å². The van der Waals surface area contributed by atoms with Gasteiger partial charge in [0, 0.05) is 17.4 Å². The van der Waals surface area contributed by atoms with Gasteiger partial charge in [-0.25, -0.2) is 0 Å². The summed E-state index contributed by atoms with van der Waals surface area (Å²) in [5.41, 5.74) is 2.10. The molecule has 0 spiro atoms. The minimum absolute atomic E-state index is 0.646. The van der Waals surface area contributed by atoms with Crippen LogP contribution in [0.5, 0.6) is 0 Å². The second-order valence-electron chi connectivity index (χ2n) is 3.95. The molecule has 0 fully saturated rings. The van der Waals surface area contributed by atoms with Crippen molar-refractivity contribution >= 4 is 16.9 Å². The van der Waals surface area contributed by atoms with Crippen LogP contribution in [0.3, 0.4) is 0 Å². The van der Waals surface area contributed by atoms with E-state index in [1.54, 1.807) is 0 Å². The fourth-order valence-corrected chi connectivity index (χ4v) is 2.58. The van der Waals surface area contributed by atoms with Crippen molar-refractivity contribution in [3.63, 3.8) is 0 Å². The number of aromatic nitrogens is 1. The van der Waals surface area contributed by atoms with Crippen molar-refractivity contribution in [2.75, 3.05) is 6.54 Å². The molecule has 0 aromatic carbocycles. The molecule has 2 rings (SSSR count). The zero-order valence-electron chi connectivity index (χ0n) is 9.91. The van der Waals surface area contributed by atoms with Gasteiger partial charge in [0.25, 0.3) is 0 Å². The van der Waals surface area contributed by atoms with E-state index in [1.165, 1.54) is 6.42 Å². The van der Waals surface area contributed by atoms with Gasteiger partial charge in [-0.1, -0.05) is 23.8 Å². The number of aliphatic imine (C=N–C) groups is 1. The molecule has 1 atom stereocenters. The van der Waals surface area contributed by atoms with Gasteiger partial charge in [0.1, 0.15) is 5.76 Å². The van der Waals surface area contributed by atoms with Gasteiger partial charge in [-0.2, -0.15) is 0 Å². The predicted octanol–water partition coefficient (Wildman–Crippen LogP) is 2.26. The number of hydrogen-bond donors (Lipinski definition) is 1. The molecule has 1 aromatic heterocycles. The van der Waals surface area contributed by atoms with E-state index >= 15 is 0 Å². The first-order valence-electron chi connectivity index (χ1n) is 5.57. The van der Waals surface area contributed by atoms with Crippen LogP contribution >= 0.6 is 11.8 Å². The largest absolute Gasteiger partial charge is 0.361 e. The summed E-state index contributed by atoms with van der Waals surface area (Å²) >= 11 is 1.83. The Labute approximate surface area is 99.9 Å². The average Bonchev–Trinajstić information content (AvgIpc) is 2.85. The minimum atomic E-state index is 0.646. The summed E-state index contributed by atoms with van der Waals surface area (Å²) in [4.78, 5) is 4.46. The quantitative estimate of drug-likeness (QED) is 0.879. The Morgan fingerprint density at radius 2 is 2.31 bits per heavy atom. The number of thioether (sulfide) groups is 1. The summed E-state index contributed by atoms with van der Waals surface area (Å²) in [7, 11) is 0. The molecule has 1 aromatic rings. The molecular weight excluding hydrogens is 222 g/mol. The van der Waals surface area contributed by atoms with Crippen LogP contribution in [0.2, 0.25) is 0 Å². The lowest BCUT2D eigenvalue weighted by molar-refractivity contribution is 0.392. The average molecular weight is 239 g/mol. The van der Waals surface area contributed by atoms with E-state index < -0.39 is 0 Å². The molecule has 88 valence electrons. The fourth-order valence-electron chi connectivity index (χ4n) is 1.65. The molecule has 4 nitrogen and oxygen atoms in total. The van der Waals surface area contributed by atoms with E-state index in [1.807, 2.05) is 25.6 Å². The molecule has 0 amide bonds. The Morgan fingerprint density at radius 3 is 2.88 bits per heavy atom. The van der Waals surface area contributed by atoms with Crippen LogP contribution in [0.4, 0.5) is 0 Å². The predicted molar refractivity (Wildman–Crippen MR) is 66.8 cm³/mol. The second kappa shape index (κ2) is 4.91. The molecule has 16 heavy (non-hydrogen) atoms. The maximum Gasteiger partial charge on any atom is 0.157 e. The third kappa shape index (κ3) is 2.40. The van der Waals surface area contributed by atoms with Crippen LogP contribution in [0.15, 0.2) is 9.52 Å². The Balaban J connectivity index is 1.89. The lowest BCUT2D eigenvalue weighted by Crippen LogP contribution is -2.19. The number of hydrogen-bond acceptors (Lipinski definition) is 5. The number of nitrogens with zero attached hydrogens (tertiary/aromatic N) is 2. The van der Waals surface area contributed by atoms with E-state index in [0.29, 0.717) is 5.25 Å². The van der Waals surface area contributed by atoms with Gasteiger partial charge in [-0.15, -0.1) is 0 Å². The van der Waals surface area contributed by atoms with E-state index in [-0.39, 0.29) is 0 Å². The van der Waals surface area contributed by atoms with Gasteiger partial charge in [-0.3, -0.25) is 4.99 Å². The standard InChI is InChI=1S/C11H17N3OS/c1-4-9-5-12-11(16-9)13-6-10-7(2)14-15-8(10)3/h9H,4-6H2,1-3H3,(H,12,13). The number of aryl methyl sites for hydroxylation is 2. The highest BCUT2D eigenvalue weighted by molar-refractivity contribution is 8.14. The summed E-state index contributed by atoms with van der Waals surface area (Å²) in [5, 5.41) is 8.97. The minimum Gasteiger partial charge on any atom is -0.361 e. The molecule has 0 saturated heterocycles. The van der Waals surface area contributed by atoms with Gasteiger partial charge in [-0.05, 0) is 20.3 Å². The second-order valence-corrected chi connectivity index (χ2v) is 5.24. The molecule has 0 bridgehead atoms. The lowest BCUT2D eigenvalue weighted by atomic mass is 10.2. The monoisotopic (exact) mass is 239 g/mol. The summed E-state index contributed by atoms with van der Waals surface area (Å²) < 4.78 is 5.12. The topological polar surface area (TPSA) is 50.4 Å². The highest BCUT2D eigenvalue weighted by Crippen LogP contribution is 2.22. The van der Waals surface area contributed by atoms with Gasteiger partial charge < -0.3 is 9.84 Å². The third-order valence-electron chi connectivity index (χ3n) is 2.77. The zero-order valence-corrected chi connectivity index (χ0v) is 10.7. The highest BCUT2D eigenvalue weighted by atomic mass is 32.2. The third-order valence-corrected chi connectivity index (χ3v) is 4.08. The summed E-state index contributed by atoms with van der Waals surface area (Å²) in [6, 6.07) is 0. The molecule has 1 aliphatic heterocycles. The van der Waals surface area contributed by atoms with Gasteiger partial charge in [0.15, 0.2) is 5.17 Å². The molecule has 1 unspecified atom stereocenters. The van der Waals surface area contributed by atoms with Crippen molar-refractivity contribution in [1.29, 1.82) is 0 Å². The smallest absolute Gasteiger partial charge is 0.157 e. The van der Waals surface area contributed by atoms with Gasteiger partial charge in [0.05, 0.1) is 12.2 Å². The maximum atomic E-state index is 5.12. The van der Waals surface area contributed by atoms with Crippen LogP contribution in [0.25, 0.3) is 0 Å². The molecule has 0 saturated carbocycles. The summed E-state index contributed by atoms with van der Waals surface area (Å²) in [6.07, 6.45) is 1.17. The Morgan fingerprint density at radius 1 is 1.50 bits per heavy atom. The summed E-state index contributed by atoms with van der Waals surface area (Å²) in [5.74, 6) is 0.889. The molecule has 5 heteroatoms. The fraction of sp³-hybridized carbons (Fsp3) is 0.636. The van der Waals surface area contributed by atoms with Crippen LogP contribution in [0.1, 0.15) is 30.4 Å². The SMILES string of the molecule is CCC1CN=C(NCc2c(C)noc2C)S1. The lowest BCUT2D eigenvalue weighted by Gasteiger charge is -2.06. The van der Waals surface area contributed by atoms with E-state index in [0.717, 1.165) is 35.3 Å². The van der Waals surface area contributed by atoms with Crippen molar-refractivity contribution in [2.45, 2.75) is 39.0 Å².